The molecule has 1 unspecified atom stereocenters. The maximum atomic E-state index is 12.3. The van der Waals surface area contributed by atoms with Gasteiger partial charge in [-0.15, -0.1) is 0 Å². The molecule has 0 spiro atoms. The number of rotatable bonds is 4. The molecule has 1 aromatic heterocycles. The van der Waals surface area contributed by atoms with Crippen LogP contribution < -0.4 is 9.47 Å². The number of ether oxygens (including phenoxy) is 2. The molecular formula is C22H22N2O3S. The lowest BCUT2D eigenvalue weighted by molar-refractivity contribution is -0.127. The van der Waals surface area contributed by atoms with E-state index in [9.17, 15) is 4.79 Å². The highest BCUT2D eigenvalue weighted by Crippen LogP contribution is 2.39. The van der Waals surface area contributed by atoms with Crippen LogP contribution in [0.3, 0.4) is 0 Å². The Morgan fingerprint density at radius 2 is 1.75 bits per heavy atom. The van der Waals surface area contributed by atoms with Gasteiger partial charge in [-0.1, -0.05) is 42.1 Å². The molecule has 1 aliphatic heterocycles. The Bertz CT molecular complexity index is 1020. The van der Waals surface area contributed by atoms with E-state index in [0.29, 0.717) is 19.0 Å². The molecule has 1 amide bonds. The fraction of sp³-hybridized carbons (Fsp3) is 0.273. The van der Waals surface area contributed by atoms with Crippen molar-refractivity contribution in [3.63, 3.8) is 0 Å². The molecule has 0 fully saturated rings. The molecule has 0 radical (unpaired) electrons. The molecule has 28 heavy (non-hydrogen) atoms. The van der Waals surface area contributed by atoms with Crippen molar-refractivity contribution in [2.24, 2.45) is 0 Å². The second-order valence-electron chi connectivity index (χ2n) is 6.88. The Kier molecular flexibility index (Phi) is 5.13. The van der Waals surface area contributed by atoms with Gasteiger partial charge in [0.1, 0.15) is 13.2 Å². The third kappa shape index (κ3) is 3.64. The summed E-state index contributed by atoms with van der Waals surface area (Å²) in [4.78, 5) is 18.7. The van der Waals surface area contributed by atoms with E-state index >= 15 is 0 Å². The van der Waals surface area contributed by atoms with Crippen LogP contribution in [0, 0.1) is 0 Å². The van der Waals surface area contributed by atoms with E-state index in [0.717, 1.165) is 32.8 Å². The number of aromatic nitrogens is 1. The largest absolute Gasteiger partial charge is 0.486 e. The number of benzene rings is 2. The monoisotopic (exact) mass is 394 g/mol. The predicted molar refractivity (Wildman–Crippen MR) is 112 cm³/mol. The van der Waals surface area contributed by atoms with Crippen molar-refractivity contribution in [1.29, 1.82) is 0 Å². The molecule has 1 aliphatic rings. The SMILES string of the molecule is CC(Sc1cc(-c2ccccc2)c2cc3c(cc2n1)OCCO3)C(=O)N(C)C. The van der Waals surface area contributed by atoms with Crippen molar-refractivity contribution in [3.8, 4) is 22.6 Å². The van der Waals surface area contributed by atoms with Gasteiger partial charge in [-0.3, -0.25) is 4.79 Å². The summed E-state index contributed by atoms with van der Waals surface area (Å²) in [7, 11) is 3.54. The van der Waals surface area contributed by atoms with Crippen LogP contribution in [-0.4, -0.2) is 48.4 Å². The zero-order chi connectivity index (χ0) is 19.7. The highest BCUT2D eigenvalue weighted by atomic mass is 32.2. The van der Waals surface area contributed by atoms with Gasteiger partial charge in [-0.05, 0) is 30.2 Å². The summed E-state index contributed by atoms with van der Waals surface area (Å²) in [5.41, 5.74) is 2.99. The van der Waals surface area contributed by atoms with E-state index < -0.39 is 0 Å². The number of fused-ring (bicyclic) bond motifs is 2. The minimum atomic E-state index is -0.221. The third-order valence-electron chi connectivity index (χ3n) is 4.62. The van der Waals surface area contributed by atoms with Crippen molar-refractivity contribution in [2.75, 3.05) is 27.3 Å². The number of hydrogen-bond acceptors (Lipinski definition) is 5. The molecule has 6 heteroatoms. The number of nitrogens with zero attached hydrogens (tertiary/aromatic N) is 2. The lowest BCUT2D eigenvalue weighted by atomic mass is 10.0. The third-order valence-corrected chi connectivity index (χ3v) is 5.63. The molecular weight excluding hydrogens is 372 g/mol. The van der Waals surface area contributed by atoms with Gasteiger partial charge in [0.05, 0.1) is 15.8 Å². The highest BCUT2D eigenvalue weighted by Gasteiger charge is 2.20. The van der Waals surface area contributed by atoms with Crippen LogP contribution in [0.2, 0.25) is 0 Å². The van der Waals surface area contributed by atoms with Gasteiger partial charge < -0.3 is 14.4 Å². The zero-order valence-corrected chi connectivity index (χ0v) is 17.0. The molecule has 0 saturated heterocycles. The van der Waals surface area contributed by atoms with Crippen LogP contribution in [0.1, 0.15) is 6.92 Å². The van der Waals surface area contributed by atoms with E-state index in [4.69, 9.17) is 14.5 Å². The van der Waals surface area contributed by atoms with Crippen LogP contribution in [0.5, 0.6) is 11.5 Å². The maximum absolute atomic E-state index is 12.3. The summed E-state index contributed by atoms with van der Waals surface area (Å²) >= 11 is 1.47. The number of carbonyl (C=O) groups excluding carboxylic acids is 1. The van der Waals surface area contributed by atoms with Crippen molar-refractivity contribution >= 4 is 28.6 Å². The number of amides is 1. The molecule has 0 saturated carbocycles. The standard InChI is InChI=1S/C22H22N2O3S/c1-14(22(25)24(2)3)28-21-12-16(15-7-5-4-6-8-15)17-11-19-20(13-18(17)23-21)27-10-9-26-19/h4-8,11-14H,9-10H2,1-3H3. The van der Waals surface area contributed by atoms with Crippen molar-refractivity contribution < 1.29 is 14.3 Å². The van der Waals surface area contributed by atoms with Crippen LogP contribution in [0.4, 0.5) is 0 Å². The number of thioether (sulfide) groups is 1. The summed E-state index contributed by atoms with van der Waals surface area (Å²) in [6.07, 6.45) is 0. The first-order valence-corrected chi connectivity index (χ1v) is 10.1. The van der Waals surface area contributed by atoms with E-state index in [1.165, 1.54) is 11.8 Å². The first-order chi connectivity index (χ1) is 13.5. The van der Waals surface area contributed by atoms with E-state index in [-0.39, 0.29) is 11.2 Å². The first kappa shape index (κ1) is 18.6. The summed E-state index contributed by atoms with van der Waals surface area (Å²) < 4.78 is 11.5. The number of pyridine rings is 1. The minimum absolute atomic E-state index is 0.0651. The van der Waals surface area contributed by atoms with Gasteiger partial charge in [0, 0.05) is 25.5 Å². The maximum Gasteiger partial charge on any atom is 0.235 e. The fourth-order valence-corrected chi connectivity index (χ4v) is 4.26. The Hall–Kier alpha value is -2.73. The molecule has 0 N–H and O–H groups in total. The summed E-state index contributed by atoms with van der Waals surface area (Å²) in [6.45, 7) is 2.99. The Morgan fingerprint density at radius 3 is 2.43 bits per heavy atom. The first-order valence-electron chi connectivity index (χ1n) is 9.20. The fourth-order valence-electron chi connectivity index (χ4n) is 3.25. The Balaban J connectivity index is 1.84. The minimum Gasteiger partial charge on any atom is -0.486 e. The van der Waals surface area contributed by atoms with E-state index in [1.54, 1.807) is 19.0 Å². The van der Waals surface area contributed by atoms with Crippen molar-refractivity contribution in [2.45, 2.75) is 17.2 Å². The van der Waals surface area contributed by atoms with Gasteiger partial charge in [-0.25, -0.2) is 4.98 Å². The van der Waals surface area contributed by atoms with Crippen LogP contribution in [0.25, 0.3) is 22.0 Å². The average molecular weight is 394 g/mol. The number of carbonyl (C=O) groups is 1. The van der Waals surface area contributed by atoms with Crippen molar-refractivity contribution in [3.05, 3.63) is 48.5 Å². The molecule has 0 aliphatic carbocycles. The highest BCUT2D eigenvalue weighted by molar-refractivity contribution is 8.00. The van der Waals surface area contributed by atoms with E-state index in [2.05, 4.69) is 18.2 Å². The molecule has 2 heterocycles. The molecule has 144 valence electrons. The van der Waals surface area contributed by atoms with Gasteiger partial charge >= 0.3 is 0 Å². The molecule has 0 bridgehead atoms. The quantitative estimate of drug-likeness (QED) is 0.620. The Labute approximate surface area is 168 Å². The van der Waals surface area contributed by atoms with Gasteiger partial charge in [0.15, 0.2) is 11.5 Å². The Morgan fingerprint density at radius 1 is 1.07 bits per heavy atom. The molecule has 3 aromatic rings. The summed E-state index contributed by atoms with van der Waals surface area (Å²) in [6, 6.07) is 16.2. The molecule has 1 atom stereocenters. The van der Waals surface area contributed by atoms with E-state index in [1.807, 2.05) is 37.3 Å². The van der Waals surface area contributed by atoms with Crippen LogP contribution >= 0.6 is 11.8 Å². The van der Waals surface area contributed by atoms with Gasteiger partial charge in [0.2, 0.25) is 5.91 Å². The summed E-state index contributed by atoms with van der Waals surface area (Å²) in [5, 5.41) is 1.60. The normalized spacial score (nSPS) is 14.0. The average Bonchev–Trinajstić information content (AvgIpc) is 2.71. The molecule has 5 nitrogen and oxygen atoms in total. The second kappa shape index (κ2) is 7.72. The molecule has 4 rings (SSSR count). The molecule has 2 aromatic carbocycles. The smallest absolute Gasteiger partial charge is 0.235 e. The van der Waals surface area contributed by atoms with Crippen LogP contribution in [0.15, 0.2) is 53.6 Å². The lowest BCUT2D eigenvalue weighted by Gasteiger charge is -2.20. The van der Waals surface area contributed by atoms with Crippen LogP contribution in [-0.2, 0) is 4.79 Å². The second-order valence-corrected chi connectivity index (χ2v) is 8.24. The zero-order valence-electron chi connectivity index (χ0n) is 16.1. The van der Waals surface area contributed by atoms with Gasteiger partial charge in [0.25, 0.3) is 0 Å². The van der Waals surface area contributed by atoms with Gasteiger partial charge in [-0.2, -0.15) is 0 Å². The topological polar surface area (TPSA) is 51.7 Å². The number of hydrogen-bond donors (Lipinski definition) is 0. The van der Waals surface area contributed by atoms with Crippen molar-refractivity contribution in [1.82, 2.24) is 9.88 Å². The predicted octanol–water partition coefficient (Wildman–Crippen LogP) is 4.24. The summed E-state index contributed by atoms with van der Waals surface area (Å²) in [5.74, 6) is 1.52. The lowest BCUT2D eigenvalue weighted by Crippen LogP contribution is -2.29.